The summed E-state index contributed by atoms with van der Waals surface area (Å²) in [6.07, 6.45) is 0. The second-order valence-corrected chi connectivity index (χ2v) is 5.22. The Balaban J connectivity index is 1.95. The van der Waals surface area contributed by atoms with E-state index in [9.17, 15) is 4.79 Å². The molecule has 6 heteroatoms. The van der Waals surface area contributed by atoms with Crippen molar-refractivity contribution in [3.63, 3.8) is 0 Å². The van der Waals surface area contributed by atoms with Gasteiger partial charge in [0.05, 0.1) is 12.2 Å². The van der Waals surface area contributed by atoms with Crippen molar-refractivity contribution in [1.82, 2.24) is 15.6 Å². The molecule has 0 atom stereocenters. The Hall–Kier alpha value is -1.43. The Morgan fingerprint density at radius 2 is 2.11 bits per heavy atom. The summed E-state index contributed by atoms with van der Waals surface area (Å²) in [6.45, 7) is 0.877. The molecule has 0 aliphatic carbocycles. The smallest absolute Gasteiger partial charge is 0.233 e. The minimum atomic E-state index is -0.0341. The van der Waals surface area contributed by atoms with Crippen LogP contribution in [0.25, 0.3) is 10.6 Å². The number of carbonyl (C=O) groups excluding carboxylic acids is 1. The molecule has 1 aromatic carbocycles. The van der Waals surface area contributed by atoms with Crippen molar-refractivity contribution in [3.8, 4) is 10.6 Å². The number of nitrogens with zero attached hydrogens (tertiary/aromatic N) is 1. The lowest BCUT2D eigenvalue weighted by molar-refractivity contribution is -0.119. The van der Waals surface area contributed by atoms with Gasteiger partial charge in [0, 0.05) is 29.6 Å². The highest BCUT2D eigenvalue weighted by Gasteiger charge is 2.05. The average molecular weight is 296 g/mol. The maximum absolute atomic E-state index is 11.1. The van der Waals surface area contributed by atoms with E-state index >= 15 is 0 Å². The third kappa shape index (κ3) is 4.02. The van der Waals surface area contributed by atoms with Crippen LogP contribution in [0, 0.1) is 0 Å². The lowest BCUT2D eigenvalue weighted by atomic mass is 10.2. The third-order valence-corrected chi connectivity index (χ3v) is 3.71. The normalized spacial score (nSPS) is 10.4. The fourth-order valence-corrected chi connectivity index (χ4v) is 2.46. The van der Waals surface area contributed by atoms with Crippen LogP contribution in [0.5, 0.6) is 0 Å². The first kappa shape index (κ1) is 14.0. The van der Waals surface area contributed by atoms with Crippen molar-refractivity contribution in [1.29, 1.82) is 0 Å². The number of benzene rings is 1. The summed E-state index contributed by atoms with van der Waals surface area (Å²) in [5.41, 5.74) is 1.98. The number of hydrogen-bond acceptors (Lipinski definition) is 4. The quantitative estimate of drug-likeness (QED) is 0.890. The Morgan fingerprint density at radius 3 is 2.79 bits per heavy atom. The predicted octanol–water partition coefficient (Wildman–Crippen LogP) is 2.30. The second-order valence-electron chi connectivity index (χ2n) is 3.93. The molecule has 19 heavy (non-hydrogen) atoms. The highest BCUT2D eigenvalue weighted by Crippen LogP contribution is 2.24. The molecule has 2 rings (SSSR count). The molecule has 100 valence electrons. The van der Waals surface area contributed by atoms with E-state index in [2.05, 4.69) is 15.6 Å². The number of likely N-dealkylation sites (N-methyl/N-ethyl adjacent to an activating group) is 1. The lowest BCUT2D eigenvalue weighted by Gasteiger charge is -2.00. The number of thiazole rings is 1. The Morgan fingerprint density at radius 1 is 1.37 bits per heavy atom. The van der Waals surface area contributed by atoms with Gasteiger partial charge in [-0.15, -0.1) is 11.3 Å². The van der Waals surface area contributed by atoms with E-state index in [4.69, 9.17) is 11.6 Å². The molecule has 2 aromatic rings. The maximum Gasteiger partial charge on any atom is 0.233 e. The summed E-state index contributed by atoms with van der Waals surface area (Å²) < 4.78 is 0. The molecule has 1 amide bonds. The molecule has 0 saturated carbocycles. The number of hydrogen-bond donors (Lipinski definition) is 2. The van der Waals surface area contributed by atoms with Gasteiger partial charge in [-0.1, -0.05) is 23.7 Å². The summed E-state index contributed by atoms with van der Waals surface area (Å²) in [6, 6.07) is 7.59. The SMILES string of the molecule is CNC(=O)CNCc1csc(-c2ccc(Cl)cc2)n1. The molecule has 0 bridgehead atoms. The van der Waals surface area contributed by atoms with Crippen LogP contribution in [0.3, 0.4) is 0 Å². The van der Waals surface area contributed by atoms with Crippen LogP contribution in [0.15, 0.2) is 29.6 Å². The molecule has 0 unspecified atom stereocenters. The van der Waals surface area contributed by atoms with E-state index in [-0.39, 0.29) is 5.91 Å². The summed E-state index contributed by atoms with van der Waals surface area (Å²) in [7, 11) is 1.62. The van der Waals surface area contributed by atoms with Crippen molar-refractivity contribution >= 4 is 28.8 Å². The molecule has 2 N–H and O–H groups in total. The van der Waals surface area contributed by atoms with Crippen LogP contribution < -0.4 is 10.6 Å². The van der Waals surface area contributed by atoms with Crippen molar-refractivity contribution in [3.05, 3.63) is 40.4 Å². The van der Waals surface area contributed by atoms with Crippen molar-refractivity contribution < 1.29 is 4.79 Å². The first-order chi connectivity index (χ1) is 9.19. The van der Waals surface area contributed by atoms with Gasteiger partial charge in [-0.05, 0) is 12.1 Å². The molecule has 0 aliphatic heterocycles. The first-order valence-electron chi connectivity index (χ1n) is 5.80. The number of carbonyl (C=O) groups is 1. The van der Waals surface area contributed by atoms with Crippen LogP contribution >= 0.6 is 22.9 Å². The fourth-order valence-electron chi connectivity index (χ4n) is 1.51. The number of halogens is 1. The van der Waals surface area contributed by atoms with Crippen molar-refractivity contribution in [2.24, 2.45) is 0 Å². The van der Waals surface area contributed by atoms with Gasteiger partial charge in [-0.25, -0.2) is 4.98 Å². The van der Waals surface area contributed by atoms with E-state index in [1.807, 2.05) is 29.6 Å². The minimum Gasteiger partial charge on any atom is -0.358 e. The topological polar surface area (TPSA) is 54.0 Å². The number of nitrogens with one attached hydrogen (secondary N) is 2. The number of aromatic nitrogens is 1. The van der Waals surface area contributed by atoms with E-state index in [0.717, 1.165) is 16.3 Å². The molecule has 0 fully saturated rings. The van der Waals surface area contributed by atoms with Crippen LogP contribution in [-0.4, -0.2) is 24.5 Å². The molecule has 0 aliphatic rings. The fraction of sp³-hybridized carbons (Fsp3) is 0.231. The lowest BCUT2D eigenvalue weighted by Crippen LogP contribution is -2.31. The minimum absolute atomic E-state index is 0.0341. The van der Waals surface area contributed by atoms with Crippen LogP contribution in [0.4, 0.5) is 0 Å². The van der Waals surface area contributed by atoms with Crippen LogP contribution in [0.2, 0.25) is 5.02 Å². The molecule has 0 saturated heterocycles. The van der Waals surface area contributed by atoms with Gasteiger partial charge < -0.3 is 10.6 Å². The molecular weight excluding hydrogens is 282 g/mol. The van der Waals surface area contributed by atoms with Gasteiger partial charge in [0.1, 0.15) is 5.01 Å². The summed E-state index contributed by atoms with van der Waals surface area (Å²) in [4.78, 5) is 15.6. The van der Waals surface area contributed by atoms with Crippen molar-refractivity contribution in [2.45, 2.75) is 6.54 Å². The number of rotatable bonds is 5. The second kappa shape index (κ2) is 6.65. The third-order valence-electron chi connectivity index (χ3n) is 2.51. The zero-order valence-corrected chi connectivity index (χ0v) is 12.0. The Labute approximate surface area is 120 Å². The molecule has 1 aromatic heterocycles. The summed E-state index contributed by atoms with van der Waals surface area (Å²) in [5.74, 6) is -0.0341. The molecular formula is C13H14ClN3OS. The Kier molecular flexibility index (Phi) is 4.90. The Bertz CT molecular complexity index is 553. The molecule has 0 spiro atoms. The molecule has 4 nitrogen and oxygen atoms in total. The number of amides is 1. The monoisotopic (exact) mass is 295 g/mol. The van der Waals surface area contributed by atoms with Gasteiger partial charge in [0.25, 0.3) is 0 Å². The van der Waals surface area contributed by atoms with E-state index in [0.29, 0.717) is 18.1 Å². The molecule has 1 heterocycles. The van der Waals surface area contributed by atoms with E-state index in [1.165, 1.54) is 0 Å². The van der Waals surface area contributed by atoms with Gasteiger partial charge >= 0.3 is 0 Å². The summed E-state index contributed by atoms with van der Waals surface area (Å²) >= 11 is 7.43. The van der Waals surface area contributed by atoms with Crippen molar-refractivity contribution in [2.75, 3.05) is 13.6 Å². The van der Waals surface area contributed by atoms with E-state index in [1.54, 1.807) is 18.4 Å². The standard InChI is InChI=1S/C13H14ClN3OS/c1-15-12(18)7-16-6-11-8-19-13(17-11)9-2-4-10(14)5-3-9/h2-5,8,16H,6-7H2,1H3,(H,15,18). The van der Waals surface area contributed by atoms with Crippen LogP contribution in [0.1, 0.15) is 5.69 Å². The zero-order valence-electron chi connectivity index (χ0n) is 10.4. The average Bonchev–Trinajstić information content (AvgIpc) is 2.88. The largest absolute Gasteiger partial charge is 0.358 e. The van der Waals surface area contributed by atoms with Gasteiger partial charge in [0.2, 0.25) is 5.91 Å². The van der Waals surface area contributed by atoms with Gasteiger partial charge in [0.15, 0.2) is 0 Å². The van der Waals surface area contributed by atoms with Gasteiger partial charge in [-0.3, -0.25) is 4.79 Å². The van der Waals surface area contributed by atoms with E-state index < -0.39 is 0 Å². The highest BCUT2D eigenvalue weighted by molar-refractivity contribution is 7.13. The van der Waals surface area contributed by atoms with Gasteiger partial charge in [-0.2, -0.15) is 0 Å². The van der Waals surface area contributed by atoms with Crippen LogP contribution in [-0.2, 0) is 11.3 Å². The molecule has 0 radical (unpaired) electrons. The first-order valence-corrected chi connectivity index (χ1v) is 7.06. The predicted molar refractivity (Wildman–Crippen MR) is 78.3 cm³/mol. The highest BCUT2D eigenvalue weighted by atomic mass is 35.5. The zero-order chi connectivity index (χ0) is 13.7. The maximum atomic E-state index is 11.1. The summed E-state index contributed by atoms with van der Waals surface area (Å²) in [5, 5.41) is 9.25.